The van der Waals surface area contributed by atoms with Crippen LogP contribution in [-0.2, 0) is 23.9 Å². The maximum Gasteiger partial charge on any atom is 0.408 e. The van der Waals surface area contributed by atoms with Crippen LogP contribution in [0, 0.1) is 5.92 Å². The van der Waals surface area contributed by atoms with E-state index in [1.165, 1.54) is 26.2 Å². The first-order valence-corrected chi connectivity index (χ1v) is 10.6. The van der Waals surface area contributed by atoms with Gasteiger partial charge in [-0.1, -0.05) is 26.0 Å². The zero-order valence-electron chi connectivity index (χ0n) is 20.4. The summed E-state index contributed by atoms with van der Waals surface area (Å²) in [6.07, 6.45) is 2.70. The van der Waals surface area contributed by atoms with E-state index in [9.17, 15) is 19.2 Å². The molecule has 0 spiro atoms. The summed E-state index contributed by atoms with van der Waals surface area (Å²) in [5.74, 6) is -1.67. The molecule has 0 aliphatic rings. The number of ether oxygens (including phenoxy) is 2. The van der Waals surface area contributed by atoms with Crippen LogP contribution < -0.4 is 16.0 Å². The van der Waals surface area contributed by atoms with Crippen molar-refractivity contribution in [3.8, 4) is 0 Å². The van der Waals surface area contributed by atoms with Crippen LogP contribution in [0.1, 0.15) is 60.8 Å². The third-order valence-corrected chi connectivity index (χ3v) is 4.40. The SMILES string of the molecule is C=CCC(CC=C)(NC(=O)OC(C)(C)C)C(=O)N[C@@H](CC(C)C)C(=O)N[C@@H](C)C(=O)OC. The lowest BCUT2D eigenvalue weighted by Gasteiger charge is -2.34. The number of rotatable bonds is 12. The normalized spacial score (nSPS) is 13.4. The summed E-state index contributed by atoms with van der Waals surface area (Å²) in [4.78, 5) is 50.3. The highest BCUT2D eigenvalue weighted by atomic mass is 16.6. The molecule has 9 nitrogen and oxygen atoms in total. The quantitative estimate of drug-likeness (QED) is 0.308. The molecule has 0 bridgehead atoms. The first kappa shape index (κ1) is 29.2. The Morgan fingerprint density at radius 3 is 1.91 bits per heavy atom. The Kier molecular flexibility index (Phi) is 11.7. The first-order chi connectivity index (χ1) is 14.7. The largest absolute Gasteiger partial charge is 0.467 e. The number of methoxy groups -OCH3 is 1. The van der Waals surface area contributed by atoms with Gasteiger partial charge in [0.2, 0.25) is 11.8 Å². The average molecular weight is 454 g/mol. The van der Waals surface area contributed by atoms with Crippen LogP contribution in [0.2, 0.25) is 0 Å². The minimum absolute atomic E-state index is 0.0616. The van der Waals surface area contributed by atoms with Crippen molar-refractivity contribution in [2.45, 2.75) is 84.0 Å². The highest BCUT2D eigenvalue weighted by molar-refractivity contribution is 5.95. The van der Waals surface area contributed by atoms with E-state index in [-0.39, 0.29) is 18.8 Å². The molecule has 0 rings (SSSR count). The third-order valence-electron chi connectivity index (χ3n) is 4.40. The van der Waals surface area contributed by atoms with Gasteiger partial charge < -0.3 is 25.4 Å². The van der Waals surface area contributed by atoms with Gasteiger partial charge in [0.1, 0.15) is 23.2 Å². The lowest BCUT2D eigenvalue weighted by molar-refractivity contribution is -0.145. The van der Waals surface area contributed by atoms with E-state index in [2.05, 4.69) is 33.8 Å². The van der Waals surface area contributed by atoms with E-state index < -0.39 is 47.1 Å². The van der Waals surface area contributed by atoms with Gasteiger partial charge in [0, 0.05) is 0 Å². The van der Waals surface area contributed by atoms with Gasteiger partial charge in [-0.25, -0.2) is 9.59 Å². The van der Waals surface area contributed by atoms with Crippen LogP contribution in [0.15, 0.2) is 25.3 Å². The Balaban J connectivity index is 5.82. The van der Waals surface area contributed by atoms with E-state index >= 15 is 0 Å². The van der Waals surface area contributed by atoms with Crippen LogP contribution in [0.4, 0.5) is 4.79 Å². The second-order valence-corrected chi connectivity index (χ2v) is 9.10. The second-order valence-electron chi connectivity index (χ2n) is 9.10. The number of nitrogens with one attached hydrogen (secondary N) is 3. The number of alkyl carbamates (subject to hydrolysis) is 1. The highest BCUT2D eigenvalue weighted by Gasteiger charge is 2.41. The molecule has 3 N–H and O–H groups in total. The van der Waals surface area contributed by atoms with Gasteiger partial charge in [-0.05, 0) is 52.9 Å². The highest BCUT2D eigenvalue weighted by Crippen LogP contribution is 2.20. The summed E-state index contributed by atoms with van der Waals surface area (Å²) in [6, 6.07) is -1.82. The van der Waals surface area contributed by atoms with Crippen molar-refractivity contribution in [3.05, 3.63) is 25.3 Å². The van der Waals surface area contributed by atoms with Crippen molar-refractivity contribution in [1.29, 1.82) is 0 Å². The number of hydrogen-bond donors (Lipinski definition) is 3. The van der Waals surface area contributed by atoms with E-state index in [1.54, 1.807) is 20.8 Å². The molecule has 0 heterocycles. The van der Waals surface area contributed by atoms with Crippen molar-refractivity contribution in [3.63, 3.8) is 0 Å². The molecule has 0 aromatic carbocycles. The number of carbonyl (C=O) groups excluding carboxylic acids is 4. The molecule has 0 aromatic rings. The number of esters is 1. The Morgan fingerprint density at radius 2 is 1.50 bits per heavy atom. The molecule has 0 unspecified atom stereocenters. The summed E-state index contributed by atoms with van der Waals surface area (Å²) in [5, 5.41) is 7.90. The van der Waals surface area contributed by atoms with Crippen molar-refractivity contribution >= 4 is 23.9 Å². The molecule has 9 heteroatoms. The summed E-state index contributed by atoms with van der Waals surface area (Å²) in [7, 11) is 1.22. The average Bonchev–Trinajstić information content (AvgIpc) is 2.64. The van der Waals surface area contributed by atoms with Crippen LogP contribution in [0.25, 0.3) is 0 Å². The van der Waals surface area contributed by atoms with Crippen LogP contribution in [-0.4, -0.2) is 54.2 Å². The molecule has 32 heavy (non-hydrogen) atoms. The minimum atomic E-state index is -1.45. The molecule has 0 saturated carbocycles. The first-order valence-electron chi connectivity index (χ1n) is 10.6. The zero-order chi connectivity index (χ0) is 25.1. The standard InChI is InChI=1S/C23H39N3O6/c1-10-12-23(13-11-2,26-21(30)32-22(6,7)8)20(29)25-17(14-15(3)4)18(27)24-16(5)19(28)31-9/h10-11,15-17H,1-2,12-14H2,3-9H3,(H,24,27)(H,25,29)(H,26,30)/t16-,17-/m0/s1. The summed E-state index contributed by atoms with van der Waals surface area (Å²) < 4.78 is 9.95. The minimum Gasteiger partial charge on any atom is -0.467 e. The fourth-order valence-electron chi connectivity index (χ4n) is 2.97. The predicted octanol–water partition coefficient (Wildman–Crippen LogP) is 2.61. The topological polar surface area (TPSA) is 123 Å². The molecule has 182 valence electrons. The maximum atomic E-state index is 13.4. The van der Waals surface area contributed by atoms with Gasteiger partial charge in [0.25, 0.3) is 0 Å². The zero-order valence-corrected chi connectivity index (χ0v) is 20.4. The van der Waals surface area contributed by atoms with Gasteiger partial charge in [-0.2, -0.15) is 0 Å². The molecule has 2 atom stereocenters. The van der Waals surface area contributed by atoms with Gasteiger partial charge >= 0.3 is 12.1 Å². The van der Waals surface area contributed by atoms with Crippen LogP contribution in [0.5, 0.6) is 0 Å². The molecule has 0 aliphatic heterocycles. The fraction of sp³-hybridized carbons (Fsp3) is 0.652. The molecule has 3 amide bonds. The van der Waals surface area contributed by atoms with Crippen LogP contribution in [0.3, 0.4) is 0 Å². The summed E-state index contributed by atoms with van der Waals surface area (Å²) >= 11 is 0. The summed E-state index contributed by atoms with van der Waals surface area (Å²) in [6.45, 7) is 17.8. The summed E-state index contributed by atoms with van der Waals surface area (Å²) in [5.41, 5.74) is -2.21. The van der Waals surface area contributed by atoms with Crippen molar-refractivity contribution < 1.29 is 28.7 Å². The fourth-order valence-corrected chi connectivity index (χ4v) is 2.97. The maximum absolute atomic E-state index is 13.4. The number of carbonyl (C=O) groups is 4. The predicted molar refractivity (Wildman–Crippen MR) is 123 cm³/mol. The monoisotopic (exact) mass is 453 g/mol. The molecular weight excluding hydrogens is 414 g/mol. The van der Waals surface area contributed by atoms with Crippen molar-refractivity contribution in [2.75, 3.05) is 7.11 Å². The Labute approximate surface area is 191 Å². The van der Waals surface area contributed by atoms with E-state index in [1.807, 2.05) is 13.8 Å². The van der Waals surface area contributed by atoms with Gasteiger partial charge in [-0.15, -0.1) is 13.2 Å². The van der Waals surface area contributed by atoms with E-state index in [4.69, 9.17) is 4.74 Å². The van der Waals surface area contributed by atoms with E-state index in [0.717, 1.165) is 0 Å². The Hall–Kier alpha value is -2.84. The van der Waals surface area contributed by atoms with E-state index in [0.29, 0.717) is 6.42 Å². The molecule has 0 aromatic heterocycles. The third kappa shape index (κ3) is 9.98. The lowest BCUT2D eigenvalue weighted by atomic mass is 9.89. The lowest BCUT2D eigenvalue weighted by Crippen LogP contribution is -2.62. The van der Waals surface area contributed by atoms with Gasteiger partial charge in [0.05, 0.1) is 7.11 Å². The molecule has 0 radical (unpaired) electrons. The van der Waals surface area contributed by atoms with Crippen molar-refractivity contribution in [1.82, 2.24) is 16.0 Å². The molecular formula is C23H39N3O6. The molecule has 0 aliphatic carbocycles. The molecule has 0 saturated heterocycles. The Bertz CT molecular complexity index is 686. The van der Waals surface area contributed by atoms with Crippen molar-refractivity contribution in [2.24, 2.45) is 5.92 Å². The smallest absolute Gasteiger partial charge is 0.408 e. The van der Waals surface area contributed by atoms with Crippen LogP contribution >= 0.6 is 0 Å². The second kappa shape index (κ2) is 12.9. The van der Waals surface area contributed by atoms with Gasteiger partial charge in [-0.3, -0.25) is 9.59 Å². The number of amides is 3. The Morgan fingerprint density at radius 1 is 0.969 bits per heavy atom. The number of hydrogen-bond acceptors (Lipinski definition) is 6. The molecule has 0 fully saturated rings. The van der Waals surface area contributed by atoms with Gasteiger partial charge in [0.15, 0.2) is 0 Å².